The van der Waals surface area contributed by atoms with E-state index in [-0.39, 0.29) is 12.0 Å². The number of anilines is 2. The highest BCUT2D eigenvalue weighted by molar-refractivity contribution is 5.83. The van der Waals surface area contributed by atoms with Crippen LogP contribution in [0.25, 0.3) is 11.2 Å². The number of hydrogen-bond acceptors (Lipinski definition) is 6. The molecule has 0 saturated heterocycles. The number of rotatable bonds is 8. The molecule has 116 valence electrons. The van der Waals surface area contributed by atoms with Gasteiger partial charge in [0.25, 0.3) is 0 Å². The first-order valence-electron chi connectivity index (χ1n) is 7.35. The summed E-state index contributed by atoms with van der Waals surface area (Å²) in [7, 11) is 0. The van der Waals surface area contributed by atoms with Gasteiger partial charge in [0.15, 0.2) is 11.5 Å². The normalized spacial score (nSPS) is 11.8. The molecule has 7 heteroatoms. The van der Waals surface area contributed by atoms with Crippen molar-refractivity contribution in [1.29, 1.82) is 0 Å². The lowest BCUT2D eigenvalue weighted by atomic mass is 9.88. The second-order valence-electron chi connectivity index (χ2n) is 5.87. The number of fused-ring (bicyclic) bond motifs is 1. The van der Waals surface area contributed by atoms with Crippen LogP contribution in [0, 0.1) is 5.41 Å². The van der Waals surface area contributed by atoms with Crippen LogP contribution < -0.4 is 10.6 Å². The fourth-order valence-corrected chi connectivity index (χ4v) is 2.17. The Balaban J connectivity index is 2.15. The maximum absolute atomic E-state index is 8.96. The molecule has 0 aromatic carbocycles. The van der Waals surface area contributed by atoms with E-state index in [4.69, 9.17) is 5.11 Å². The third kappa shape index (κ3) is 4.04. The second kappa shape index (κ2) is 6.71. The highest BCUT2D eigenvalue weighted by Gasteiger charge is 2.18. The van der Waals surface area contributed by atoms with Crippen LogP contribution in [0.2, 0.25) is 0 Å². The van der Waals surface area contributed by atoms with Crippen molar-refractivity contribution in [1.82, 2.24) is 19.9 Å². The van der Waals surface area contributed by atoms with E-state index in [0.717, 1.165) is 37.3 Å². The Hall–Kier alpha value is -1.89. The van der Waals surface area contributed by atoms with Crippen LogP contribution >= 0.6 is 0 Å². The van der Waals surface area contributed by atoms with Gasteiger partial charge in [0.1, 0.15) is 5.52 Å². The highest BCUT2D eigenvalue weighted by atomic mass is 16.2. The van der Waals surface area contributed by atoms with Gasteiger partial charge in [0, 0.05) is 19.7 Å². The molecular formula is C14H24N6O. The Morgan fingerprint density at radius 2 is 2.10 bits per heavy atom. The lowest BCUT2D eigenvalue weighted by Gasteiger charge is -2.25. The number of aromatic amines is 1. The summed E-state index contributed by atoms with van der Waals surface area (Å²) in [5.74, 6) is 1.33. The van der Waals surface area contributed by atoms with Gasteiger partial charge < -0.3 is 20.7 Å². The highest BCUT2D eigenvalue weighted by Crippen LogP contribution is 2.25. The molecule has 21 heavy (non-hydrogen) atoms. The Kier molecular flexibility index (Phi) is 4.95. The van der Waals surface area contributed by atoms with Crippen molar-refractivity contribution in [3.63, 3.8) is 0 Å². The minimum atomic E-state index is 0.0817. The van der Waals surface area contributed by atoms with Crippen LogP contribution in [0.3, 0.4) is 0 Å². The SMILES string of the molecule is CCNc1nc(NCC(C)(C)CCCO)c2[nH]cnc2n1. The molecule has 0 fully saturated rings. The maximum atomic E-state index is 8.96. The van der Waals surface area contributed by atoms with Crippen molar-refractivity contribution < 1.29 is 5.11 Å². The second-order valence-corrected chi connectivity index (χ2v) is 5.87. The maximum Gasteiger partial charge on any atom is 0.226 e. The van der Waals surface area contributed by atoms with Crippen molar-refractivity contribution in [2.75, 3.05) is 30.3 Å². The van der Waals surface area contributed by atoms with Crippen molar-refractivity contribution in [2.24, 2.45) is 5.41 Å². The van der Waals surface area contributed by atoms with Gasteiger partial charge in [-0.1, -0.05) is 13.8 Å². The monoisotopic (exact) mass is 292 g/mol. The molecule has 0 aliphatic carbocycles. The van der Waals surface area contributed by atoms with E-state index in [1.807, 2.05) is 6.92 Å². The zero-order valence-corrected chi connectivity index (χ0v) is 12.9. The Morgan fingerprint density at radius 1 is 1.29 bits per heavy atom. The molecule has 0 atom stereocenters. The standard InChI is InChI=1S/C14H24N6O/c1-4-15-13-19-11(10-12(20-13)18-9-17-10)16-8-14(2,3)6-5-7-21/h9,21H,4-8H2,1-3H3,(H3,15,16,17,18,19,20). The summed E-state index contributed by atoms with van der Waals surface area (Å²) in [6, 6.07) is 0. The van der Waals surface area contributed by atoms with Gasteiger partial charge in [0.2, 0.25) is 5.95 Å². The van der Waals surface area contributed by atoms with E-state index in [9.17, 15) is 0 Å². The molecule has 0 bridgehead atoms. The van der Waals surface area contributed by atoms with Gasteiger partial charge in [-0.25, -0.2) is 4.98 Å². The quantitative estimate of drug-likeness (QED) is 0.594. The minimum absolute atomic E-state index is 0.0817. The van der Waals surface area contributed by atoms with Crippen LogP contribution in [0.4, 0.5) is 11.8 Å². The average molecular weight is 292 g/mol. The molecule has 0 amide bonds. The first-order chi connectivity index (χ1) is 10.1. The molecule has 0 radical (unpaired) electrons. The lowest BCUT2D eigenvalue weighted by molar-refractivity contribution is 0.248. The molecule has 0 saturated carbocycles. The van der Waals surface area contributed by atoms with Crippen LogP contribution in [0.1, 0.15) is 33.6 Å². The molecule has 0 unspecified atom stereocenters. The first-order valence-corrected chi connectivity index (χ1v) is 7.35. The number of aromatic nitrogens is 4. The van der Waals surface area contributed by atoms with Crippen LogP contribution in [-0.2, 0) is 0 Å². The van der Waals surface area contributed by atoms with Gasteiger partial charge in [-0.2, -0.15) is 9.97 Å². The largest absolute Gasteiger partial charge is 0.396 e. The molecule has 0 spiro atoms. The summed E-state index contributed by atoms with van der Waals surface area (Å²) in [4.78, 5) is 16.1. The molecule has 2 rings (SSSR count). The van der Waals surface area contributed by atoms with E-state index >= 15 is 0 Å². The summed E-state index contributed by atoms with van der Waals surface area (Å²) >= 11 is 0. The number of nitrogens with one attached hydrogen (secondary N) is 3. The van der Waals surface area contributed by atoms with Crippen molar-refractivity contribution >= 4 is 22.9 Å². The molecule has 2 aromatic heterocycles. The van der Waals surface area contributed by atoms with E-state index in [1.54, 1.807) is 6.33 Å². The van der Waals surface area contributed by atoms with E-state index in [1.165, 1.54) is 0 Å². The Bertz CT molecular complexity index is 580. The number of aliphatic hydroxyl groups is 1. The van der Waals surface area contributed by atoms with Gasteiger partial charge in [-0.05, 0) is 25.2 Å². The number of H-pyrrole nitrogens is 1. The predicted molar refractivity (Wildman–Crippen MR) is 84.4 cm³/mol. The number of imidazole rings is 1. The van der Waals surface area contributed by atoms with Gasteiger partial charge in [-0.15, -0.1) is 0 Å². The van der Waals surface area contributed by atoms with Crippen LogP contribution in [0.5, 0.6) is 0 Å². The lowest BCUT2D eigenvalue weighted by Crippen LogP contribution is -2.24. The van der Waals surface area contributed by atoms with Gasteiger partial charge in [-0.3, -0.25) is 0 Å². The van der Waals surface area contributed by atoms with Crippen molar-refractivity contribution in [2.45, 2.75) is 33.6 Å². The molecule has 4 N–H and O–H groups in total. The summed E-state index contributed by atoms with van der Waals surface area (Å²) in [5.41, 5.74) is 1.55. The van der Waals surface area contributed by atoms with Gasteiger partial charge >= 0.3 is 0 Å². The molecule has 2 aromatic rings. The predicted octanol–water partition coefficient (Wildman–Crippen LogP) is 2.00. The summed E-state index contributed by atoms with van der Waals surface area (Å²) < 4.78 is 0. The van der Waals surface area contributed by atoms with Crippen LogP contribution in [-0.4, -0.2) is 44.7 Å². The van der Waals surface area contributed by atoms with E-state index in [2.05, 4.69) is 44.4 Å². The van der Waals surface area contributed by atoms with Crippen molar-refractivity contribution in [3.05, 3.63) is 6.33 Å². The molecule has 0 aliphatic rings. The van der Waals surface area contributed by atoms with E-state index in [0.29, 0.717) is 11.6 Å². The average Bonchev–Trinajstić information content (AvgIpc) is 2.91. The number of hydrogen-bond donors (Lipinski definition) is 4. The van der Waals surface area contributed by atoms with E-state index < -0.39 is 0 Å². The summed E-state index contributed by atoms with van der Waals surface area (Å²) in [6.45, 7) is 8.11. The van der Waals surface area contributed by atoms with Crippen LogP contribution in [0.15, 0.2) is 6.33 Å². The van der Waals surface area contributed by atoms with Gasteiger partial charge in [0.05, 0.1) is 6.33 Å². The smallest absolute Gasteiger partial charge is 0.226 e. The first kappa shape index (κ1) is 15.5. The number of aliphatic hydroxyl groups excluding tert-OH is 1. The zero-order valence-electron chi connectivity index (χ0n) is 12.9. The molecule has 7 nitrogen and oxygen atoms in total. The summed E-state index contributed by atoms with van der Waals surface area (Å²) in [6.07, 6.45) is 3.38. The molecule has 0 aliphatic heterocycles. The van der Waals surface area contributed by atoms with Crippen molar-refractivity contribution in [3.8, 4) is 0 Å². The fourth-order valence-electron chi connectivity index (χ4n) is 2.17. The third-order valence-electron chi connectivity index (χ3n) is 3.37. The zero-order chi connectivity index (χ0) is 15.3. The minimum Gasteiger partial charge on any atom is -0.396 e. The fraction of sp³-hybridized carbons (Fsp3) is 0.643. The Morgan fingerprint density at radius 3 is 2.81 bits per heavy atom. The molecular weight excluding hydrogens is 268 g/mol. The third-order valence-corrected chi connectivity index (χ3v) is 3.37. The summed E-state index contributed by atoms with van der Waals surface area (Å²) in [5, 5.41) is 15.5. The Labute approximate surface area is 124 Å². The number of nitrogens with zero attached hydrogens (tertiary/aromatic N) is 3. The topological polar surface area (TPSA) is 98.8 Å². The molecule has 2 heterocycles.